The largest absolute Gasteiger partial charge is 0.396 e. The lowest BCUT2D eigenvalue weighted by atomic mass is 10.1. The summed E-state index contributed by atoms with van der Waals surface area (Å²) >= 11 is 3.24. The monoisotopic (exact) mass is 208 g/mol. The maximum Gasteiger partial charge on any atom is 0.133 e. The molecule has 0 heterocycles. The Hall–Kier alpha value is 0.110. The molecule has 0 fully saturated rings. The van der Waals surface area contributed by atoms with Crippen molar-refractivity contribution in [3.8, 4) is 0 Å². The number of rotatable bonds is 6. The van der Waals surface area contributed by atoms with Crippen LogP contribution in [0.3, 0.4) is 0 Å². The number of halogens is 1. The van der Waals surface area contributed by atoms with Gasteiger partial charge in [0.1, 0.15) is 5.78 Å². The van der Waals surface area contributed by atoms with Crippen LogP contribution in [-0.4, -0.2) is 22.8 Å². The number of aliphatic hydroxyl groups is 1. The van der Waals surface area contributed by atoms with Gasteiger partial charge in [-0.1, -0.05) is 15.9 Å². The molecule has 0 aromatic rings. The summed E-state index contributed by atoms with van der Waals surface area (Å²) in [6.45, 7) is 0.125. The Balaban J connectivity index is 3.09. The van der Waals surface area contributed by atoms with Gasteiger partial charge in [0, 0.05) is 24.8 Å². The third kappa shape index (κ3) is 6.23. The van der Waals surface area contributed by atoms with Crippen molar-refractivity contribution in [1.29, 1.82) is 0 Å². The summed E-state index contributed by atoms with van der Waals surface area (Å²) in [5, 5.41) is 9.27. The van der Waals surface area contributed by atoms with Crippen molar-refractivity contribution in [2.75, 3.05) is 11.9 Å². The van der Waals surface area contributed by atoms with E-state index in [1.807, 2.05) is 0 Å². The van der Waals surface area contributed by atoms with Gasteiger partial charge in [-0.15, -0.1) is 0 Å². The maximum atomic E-state index is 10.8. The normalized spacial score (nSPS) is 9.80. The van der Waals surface area contributed by atoms with Gasteiger partial charge in [0.2, 0.25) is 0 Å². The van der Waals surface area contributed by atoms with E-state index in [4.69, 9.17) is 5.11 Å². The van der Waals surface area contributed by atoms with Crippen LogP contribution in [0.4, 0.5) is 0 Å². The molecule has 3 heteroatoms. The molecule has 0 aromatic carbocycles. The Morgan fingerprint density at radius 2 is 1.90 bits per heavy atom. The highest BCUT2D eigenvalue weighted by atomic mass is 79.9. The summed E-state index contributed by atoms with van der Waals surface area (Å²) in [5.74, 6) is 0.258. The average molecular weight is 209 g/mol. The van der Waals surface area contributed by atoms with Gasteiger partial charge in [-0.25, -0.2) is 0 Å². The lowest BCUT2D eigenvalue weighted by Crippen LogP contribution is -1.99. The summed E-state index contributed by atoms with van der Waals surface area (Å²) in [6.07, 6.45) is 2.69. The molecule has 0 saturated heterocycles. The van der Waals surface area contributed by atoms with E-state index in [9.17, 15) is 4.79 Å². The fraction of sp³-hybridized carbons (Fsp3) is 0.857. The molecular formula is C7H13BrO2. The van der Waals surface area contributed by atoms with Gasteiger partial charge in [-0.05, 0) is 12.8 Å². The molecule has 0 aliphatic heterocycles. The zero-order valence-electron chi connectivity index (χ0n) is 5.98. The topological polar surface area (TPSA) is 37.3 Å². The summed E-state index contributed by atoms with van der Waals surface area (Å²) in [7, 11) is 0. The van der Waals surface area contributed by atoms with Gasteiger partial charge in [-0.3, -0.25) is 4.79 Å². The number of aliphatic hydroxyl groups excluding tert-OH is 1. The molecule has 0 rings (SSSR count). The average Bonchev–Trinajstić information content (AvgIpc) is 1.97. The zero-order valence-corrected chi connectivity index (χ0v) is 7.56. The van der Waals surface area contributed by atoms with Gasteiger partial charge in [0.25, 0.3) is 0 Å². The lowest BCUT2D eigenvalue weighted by Gasteiger charge is -1.95. The fourth-order valence-electron chi connectivity index (χ4n) is 0.665. The van der Waals surface area contributed by atoms with Crippen molar-refractivity contribution < 1.29 is 9.90 Å². The Bertz CT molecular complexity index is 83.6. The molecular weight excluding hydrogens is 196 g/mol. The van der Waals surface area contributed by atoms with E-state index < -0.39 is 0 Å². The molecule has 0 aromatic heterocycles. The van der Waals surface area contributed by atoms with Gasteiger partial charge < -0.3 is 5.11 Å². The number of carbonyl (C=O) groups is 1. The van der Waals surface area contributed by atoms with E-state index in [1.165, 1.54) is 0 Å². The molecule has 0 saturated carbocycles. The Morgan fingerprint density at radius 1 is 1.30 bits per heavy atom. The lowest BCUT2D eigenvalue weighted by molar-refractivity contribution is -0.119. The molecule has 0 aliphatic carbocycles. The molecule has 0 radical (unpaired) electrons. The Morgan fingerprint density at radius 3 is 2.40 bits per heavy atom. The first-order chi connectivity index (χ1) is 4.81. The minimum atomic E-state index is 0.125. The first-order valence-electron chi connectivity index (χ1n) is 3.49. The third-order valence-corrected chi connectivity index (χ3v) is 1.76. The highest BCUT2D eigenvalue weighted by molar-refractivity contribution is 9.09. The van der Waals surface area contributed by atoms with Gasteiger partial charge in [0.05, 0.1) is 0 Å². The van der Waals surface area contributed by atoms with E-state index in [0.29, 0.717) is 19.3 Å². The predicted octanol–water partition coefficient (Wildman–Crippen LogP) is 1.50. The molecule has 0 bridgehead atoms. The predicted molar refractivity (Wildman–Crippen MR) is 44.4 cm³/mol. The molecule has 2 nitrogen and oxygen atoms in total. The highest BCUT2D eigenvalue weighted by Gasteiger charge is 1.98. The van der Waals surface area contributed by atoms with E-state index >= 15 is 0 Å². The number of carbonyl (C=O) groups excluding carboxylic acids is 1. The molecule has 1 N–H and O–H groups in total. The standard InChI is InChI=1S/C7H13BrO2/c8-5-1-3-7(10)4-2-6-9/h9H,1-6H2. The van der Waals surface area contributed by atoms with E-state index in [2.05, 4.69) is 15.9 Å². The van der Waals surface area contributed by atoms with E-state index in [1.54, 1.807) is 0 Å². The fourth-order valence-corrected chi connectivity index (χ4v) is 0.946. The van der Waals surface area contributed by atoms with Crippen molar-refractivity contribution in [2.45, 2.75) is 25.7 Å². The molecule has 10 heavy (non-hydrogen) atoms. The molecule has 0 amide bonds. The van der Waals surface area contributed by atoms with Crippen LogP contribution < -0.4 is 0 Å². The van der Waals surface area contributed by atoms with Crippen molar-refractivity contribution in [1.82, 2.24) is 0 Å². The van der Waals surface area contributed by atoms with Crippen molar-refractivity contribution in [3.05, 3.63) is 0 Å². The van der Waals surface area contributed by atoms with E-state index in [-0.39, 0.29) is 12.4 Å². The van der Waals surface area contributed by atoms with Crippen LogP contribution in [0, 0.1) is 0 Å². The number of hydrogen-bond donors (Lipinski definition) is 1. The van der Waals surface area contributed by atoms with Crippen molar-refractivity contribution in [2.24, 2.45) is 0 Å². The van der Waals surface area contributed by atoms with Crippen LogP contribution in [0.15, 0.2) is 0 Å². The van der Waals surface area contributed by atoms with Crippen LogP contribution in [0.5, 0.6) is 0 Å². The van der Waals surface area contributed by atoms with E-state index in [0.717, 1.165) is 11.8 Å². The summed E-state index contributed by atoms with van der Waals surface area (Å²) in [6, 6.07) is 0. The highest BCUT2D eigenvalue weighted by Crippen LogP contribution is 1.99. The van der Waals surface area contributed by atoms with Crippen LogP contribution in [0.25, 0.3) is 0 Å². The summed E-state index contributed by atoms with van der Waals surface area (Å²) in [4.78, 5) is 10.8. The second-order valence-corrected chi connectivity index (χ2v) is 2.95. The second kappa shape index (κ2) is 7.22. The number of hydrogen-bond acceptors (Lipinski definition) is 2. The van der Waals surface area contributed by atoms with Crippen LogP contribution >= 0.6 is 15.9 Å². The minimum Gasteiger partial charge on any atom is -0.396 e. The van der Waals surface area contributed by atoms with Gasteiger partial charge in [0.15, 0.2) is 0 Å². The number of ketones is 1. The quantitative estimate of drug-likeness (QED) is 0.673. The Labute approximate surface area is 69.8 Å². The SMILES string of the molecule is O=C(CCCO)CCCBr. The molecule has 0 aliphatic rings. The second-order valence-electron chi connectivity index (χ2n) is 2.16. The number of Topliss-reactive ketones (excluding diaryl/α,β-unsaturated/α-hetero) is 1. The zero-order chi connectivity index (χ0) is 7.82. The first-order valence-corrected chi connectivity index (χ1v) is 4.62. The Kier molecular flexibility index (Phi) is 7.30. The molecule has 0 unspecified atom stereocenters. The van der Waals surface area contributed by atoms with Gasteiger partial charge in [-0.2, -0.15) is 0 Å². The number of alkyl halides is 1. The first kappa shape index (κ1) is 10.1. The smallest absolute Gasteiger partial charge is 0.133 e. The van der Waals surface area contributed by atoms with Crippen LogP contribution in [0.2, 0.25) is 0 Å². The minimum absolute atomic E-state index is 0.125. The molecule has 0 spiro atoms. The molecule has 0 atom stereocenters. The van der Waals surface area contributed by atoms with Crippen molar-refractivity contribution >= 4 is 21.7 Å². The summed E-state index contributed by atoms with van der Waals surface area (Å²) in [5.41, 5.74) is 0. The molecule has 60 valence electrons. The summed E-state index contributed by atoms with van der Waals surface area (Å²) < 4.78 is 0. The van der Waals surface area contributed by atoms with Crippen LogP contribution in [-0.2, 0) is 4.79 Å². The van der Waals surface area contributed by atoms with Gasteiger partial charge >= 0.3 is 0 Å². The maximum absolute atomic E-state index is 10.8. The van der Waals surface area contributed by atoms with Crippen molar-refractivity contribution in [3.63, 3.8) is 0 Å². The third-order valence-electron chi connectivity index (χ3n) is 1.20. The van der Waals surface area contributed by atoms with Crippen LogP contribution in [0.1, 0.15) is 25.7 Å².